The van der Waals surface area contributed by atoms with Gasteiger partial charge in [0, 0.05) is 13.0 Å². The third kappa shape index (κ3) is 5.71. The van der Waals surface area contributed by atoms with Crippen molar-refractivity contribution < 1.29 is 24.2 Å². The number of amides is 2. The Morgan fingerprint density at radius 2 is 2.00 bits per heavy atom. The number of hydrogen-bond acceptors (Lipinski definition) is 6. The van der Waals surface area contributed by atoms with Gasteiger partial charge in [0.15, 0.2) is 0 Å². The molecule has 9 heteroatoms. The smallest absolute Gasteiger partial charge is 0.337 e. The average Bonchev–Trinajstić information content (AvgIpc) is 3.01. The zero-order chi connectivity index (χ0) is 22.4. The zero-order valence-corrected chi connectivity index (χ0v) is 18.3. The van der Waals surface area contributed by atoms with E-state index in [1.54, 1.807) is 25.3 Å². The fourth-order valence-corrected chi connectivity index (χ4v) is 4.27. The number of nitrogens with zero attached hydrogens (tertiary/aromatic N) is 1. The van der Waals surface area contributed by atoms with Crippen LogP contribution >= 0.6 is 24.0 Å². The van der Waals surface area contributed by atoms with Gasteiger partial charge >= 0.3 is 5.97 Å². The average molecular weight is 457 g/mol. The Labute approximate surface area is 189 Å². The molecule has 160 valence electrons. The Kier molecular flexibility index (Phi) is 7.43. The summed E-state index contributed by atoms with van der Waals surface area (Å²) in [7, 11) is 1.58. The zero-order valence-electron chi connectivity index (χ0n) is 16.7. The van der Waals surface area contributed by atoms with Crippen molar-refractivity contribution in [2.75, 3.05) is 19.0 Å². The van der Waals surface area contributed by atoms with Gasteiger partial charge in [-0.2, -0.15) is 0 Å². The largest absolute Gasteiger partial charge is 0.497 e. The molecule has 0 aliphatic carbocycles. The highest BCUT2D eigenvalue weighted by Crippen LogP contribution is 2.33. The fraction of sp³-hybridized carbons (Fsp3) is 0.182. The van der Waals surface area contributed by atoms with E-state index in [0.717, 1.165) is 5.56 Å². The lowest BCUT2D eigenvalue weighted by Crippen LogP contribution is -2.29. The van der Waals surface area contributed by atoms with Crippen LogP contribution in [0.15, 0.2) is 53.4 Å². The van der Waals surface area contributed by atoms with Crippen LogP contribution in [0.5, 0.6) is 5.75 Å². The summed E-state index contributed by atoms with van der Waals surface area (Å²) in [6.45, 7) is 0.300. The number of thiocarbonyl (C=S) groups is 1. The number of carbonyl (C=O) groups is 3. The van der Waals surface area contributed by atoms with E-state index >= 15 is 0 Å². The molecule has 1 fully saturated rings. The Morgan fingerprint density at radius 1 is 1.23 bits per heavy atom. The lowest BCUT2D eigenvalue weighted by molar-refractivity contribution is -0.122. The normalized spacial score (nSPS) is 14.7. The van der Waals surface area contributed by atoms with Gasteiger partial charge in [-0.3, -0.25) is 14.5 Å². The number of para-hydroxylation sites is 1. The summed E-state index contributed by atoms with van der Waals surface area (Å²) in [5.41, 5.74) is 1.10. The van der Waals surface area contributed by atoms with Gasteiger partial charge in [0.2, 0.25) is 5.91 Å². The van der Waals surface area contributed by atoms with Crippen molar-refractivity contribution in [2.24, 2.45) is 0 Å². The molecule has 0 aromatic heterocycles. The standard InChI is InChI=1S/C22H20N2O5S2/c1-29-15-7-4-6-14(12-15)13-18-20(26)24(22(30)31-18)11-5-10-19(25)23-17-9-3-2-8-16(17)21(27)28/h2-4,6-9,12-13H,5,10-11H2,1H3,(H,23,25)(H,27,28)/b18-13-. The molecule has 2 N–H and O–H groups in total. The number of rotatable bonds is 8. The second-order valence-electron chi connectivity index (χ2n) is 6.61. The number of carboxylic acids is 1. The lowest BCUT2D eigenvalue weighted by atomic mass is 10.1. The molecular formula is C22H20N2O5S2. The van der Waals surface area contributed by atoms with Crippen molar-refractivity contribution in [2.45, 2.75) is 12.8 Å². The van der Waals surface area contributed by atoms with Crippen LogP contribution in [0.25, 0.3) is 6.08 Å². The van der Waals surface area contributed by atoms with E-state index in [0.29, 0.717) is 27.9 Å². The number of ether oxygens (including phenoxy) is 1. The second kappa shape index (κ2) is 10.2. The molecule has 0 bridgehead atoms. The molecule has 1 heterocycles. The topological polar surface area (TPSA) is 95.9 Å². The summed E-state index contributed by atoms with van der Waals surface area (Å²) in [4.78, 5) is 38.2. The van der Waals surface area contributed by atoms with Crippen LogP contribution in [-0.4, -0.2) is 45.8 Å². The number of thioether (sulfide) groups is 1. The van der Waals surface area contributed by atoms with E-state index in [1.807, 2.05) is 24.3 Å². The Morgan fingerprint density at radius 3 is 2.74 bits per heavy atom. The predicted octanol–water partition coefficient (Wildman–Crippen LogP) is 4.01. The third-order valence-electron chi connectivity index (χ3n) is 4.48. The number of methoxy groups -OCH3 is 1. The molecule has 31 heavy (non-hydrogen) atoms. The lowest BCUT2D eigenvalue weighted by Gasteiger charge is -2.14. The first-order valence-electron chi connectivity index (χ1n) is 9.40. The van der Waals surface area contributed by atoms with Crippen molar-refractivity contribution in [1.29, 1.82) is 0 Å². The van der Waals surface area contributed by atoms with E-state index in [9.17, 15) is 19.5 Å². The summed E-state index contributed by atoms with van der Waals surface area (Å²) in [6, 6.07) is 13.6. The highest BCUT2D eigenvalue weighted by Gasteiger charge is 2.31. The van der Waals surface area contributed by atoms with Crippen LogP contribution in [0, 0.1) is 0 Å². The molecule has 0 saturated carbocycles. The molecule has 0 spiro atoms. The van der Waals surface area contributed by atoms with Crippen molar-refractivity contribution in [1.82, 2.24) is 4.90 Å². The number of anilines is 1. The van der Waals surface area contributed by atoms with Crippen LogP contribution < -0.4 is 10.1 Å². The van der Waals surface area contributed by atoms with Crippen LogP contribution in [-0.2, 0) is 9.59 Å². The van der Waals surface area contributed by atoms with Gasteiger partial charge in [0.1, 0.15) is 10.1 Å². The number of carboxylic acid groups (broad SMARTS) is 1. The molecule has 1 aliphatic heterocycles. The maximum atomic E-state index is 12.7. The summed E-state index contributed by atoms with van der Waals surface area (Å²) in [5.74, 6) is -0.948. The molecule has 3 rings (SSSR count). The van der Waals surface area contributed by atoms with Gasteiger partial charge in [-0.15, -0.1) is 0 Å². The van der Waals surface area contributed by atoms with Gasteiger partial charge < -0.3 is 15.2 Å². The van der Waals surface area contributed by atoms with Crippen molar-refractivity contribution in [3.63, 3.8) is 0 Å². The summed E-state index contributed by atoms with van der Waals surface area (Å²) in [6.07, 6.45) is 2.28. The maximum absolute atomic E-state index is 12.7. The van der Waals surface area contributed by atoms with Crippen molar-refractivity contribution in [3.05, 3.63) is 64.6 Å². The molecule has 1 aliphatic rings. The minimum atomic E-state index is -1.11. The van der Waals surface area contributed by atoms with E-state index in [4.69, 9.17) is 17.0 Å². The molecule has 0 unspecified atom stereocenters. The number of aromatic carboxylic acids is 1. The van der Waals surface area contributed by atoms with E-state index in [1.165, 1.54) is 28.8 Å². The summed E-state index contributed by atoms with van der Waals surface area (Å²) >= 11 is 6.54. The van der Waals surface area contributed by atoms with Crippen LogP contribution in [0.2, 0.25) is 0 Å². The van der Waals surface area contributed by atoms with Crippen molar-refractivity contribution >= 4 is 57.8 Å². The highest BCUT2D eigenvalue weighted by atomic mass is 32.2. The SMILES string of the molecule is COc1cccc(/C=C2\SC(=S)N(CCCC(=O)Nc3ccccc3C(=O)O)C2=O)c1. The first kappa shape index (κ1) is 22.5. The fourth-order valence-electron chi connectivity index (χ4n) is 2.96. The summed E-state index contributed by atoms with van der Waals surface area (Å²) in [5, 5.41) is 11.8. The number of carbonyl (C=O) groups excluding carboxylic acids is 2. The first-order valence-corrected chi connectivity index (χ1v) is 10.6. The first-order chi connectivity index (χ1) is 14.9. The molecule has 0 radical (unpaired) electrons. The van der Waals surface area contributed by atoms with Crippen LogP contribution in [0.1, 0.15) is 28.8 Å². The third-order valence-corrected chi connectivity index (χ3v) is 5.86. The maximum Gasteiger partial charge on any atom is 0.337 e. The van der Waals surface area contributed by atoms with E-state index in [-0.39, 0.29) is 29.5 Å². The Hall–Kier alpha value is -3.17. The molecular weight excluding hydrogens is 436 g/mol. The molecule has 2 aromatic carbocycles. The van der Waals surface area contributed by atoms with E-state index < -0.39 is 5.97 Å². The van der Waals surface area contributed by atoms with Crippen LogP contribution in [0.4, 0.5) is 5.69 Å². The predicted molar refractivity (Wildman–Crippen MR) is 124 cm³/mol. The molecule has 2 amide bonds. The van der Waals surface area contributed by atoms with Gasteiger partial charge in [-0.1, -0.05) is 48.2 Å². The number of nitrogens with one attached hydrogen (secondary N) is 1. The minimum absolute atomic E-state index is 0.0236. The van der Waals surface area contributed by atoms with Crippen LogP contribution in [0.3, 0.4) is 0 Å². The number of hydrogen-bond donors (Lipinski definition) is 2. The quantitative estimate of drug-likeness (QED) is 0.458. The highest BCUT2D eigenvalue weighted by molar-refractivity contribution is 8.26. The molecule has 1 saturated heterocycles. The Balaban J connectivity index is 1.56. The monoisotopic (exact) mass is 456 g/mol. The summed E-state index contributed by atoms with van der Waals surface area (Å²) < 4.78 is 5.64. The molecule has 0 atom stereocenters. The number of benzene rings is 2. The van der Waals surface area contributed by atoms with Gasteiger partial charge in [-0.05, 0) is 42.3 Å². The van der Waals surface area contributed by atoms with Gasteiger partial charge in [0.25, 0.3) is 5.91 Å². The van der Waals surface area contributed by atoms with Gasteiger partial charge in [-0.25, -0.2) is 4.79 Å². The molecule has 7 nitrogen and oxygen atoms in total. The second-order valence-corrected chi connectivity index (χ2v) is 8.29. The molecule has 2 aromatic rings. The van der Waals surface area contributed by atoms with Crippen molar-refractivity contribution in [3.8, 4) is 5.75 Å². The van der Waals surface area contributed by atoms with E-state index in [2.05, 4.69) is 5.32 Å². The Bertz CT molecular complexity index is 1070. The van der Waals surface area contributed by atoms with Gasteiger partial charge in [0.05, 0.1) is 23.3 Å². The minimum Gasteiger partial charge on any atom is -0.497 e.